The fraction of sp³-hybridized carbons (Fsp3) is 0.333. The summed E-state index contributed by atoms with van der Waals surface area (Å²) in [5.74, 6) is 0. The maximum absolute atomic E-state index is 9.70. The summed E-state index contributed by atoms with van der Waals surface area (Å²) in [5, 5.41) is 1.10. The van der Waals surface area contributed by atoms with Crippen molar-refractivity contribution in [1.29, 1.82) is 0 Å². The SMILES string of the molecule is CC(C)[Si](O)c1ccccc1. The lowest BCUT2D eigenvalue weighted by Crippen LogP contribution is -2.32. The van der Waals surface area contributed by atoms with Crippen LogP contribution in [-0.2, 0) is 0 Å². The second kappa shape index (κ2) is 3.69. The van der Waals surface area contributed by atoms with Crippen LogP contribution >= 0.6 is 0 Å². The molecule has 59 valence electrons. The molecule has 0 aliphatic rings. The van der Waals surface area contributed by atoms with Crippen molar-refractivity contribution in [2.24, 2.45) is 0 Å². The summed E-state index contributed by atoms with van der Waals surface area (Å²) in [7, 11) is -1.28. The third-order valence-corrected chi connectivity index (χ3v) is 3.64. The number of hydrogen-bond acceptors (Lipinski definition) is 1. The molecule has 1 rings (SSSR count). The molecule has 0 atom stereocenters. The lowest BCUT2D eigenvalue weighted by Gasteiger charge is -2.10. The lowest BCUT2D eigenvalue weighted by atomic mass is 10.4. The van der Waals surface area contributed by atoms with Crippen molar-refractivity contribution < 1.29 is 4.80 Å². The molecule has 0 fully saturated rings. The third kappa shape index (κ3) is 2.17. The van der Waals surface area contributed by atoms with Gasteiger partial charge in [0.15, 0.2) is 0 Å². The Morgan fingerprint density at radius 1 is 1.18 bits per heavy atom. The molecule has 2 heteroatoms. The van der Waals surface area contributed by atoms with Gasteiger partial charge in [-0.15, -0.1) is 0 Å². The monoisotopic (exact) mass is 165 g/mol. The second-order valence-electron chi connectivity index (χ2n) is 2.91. The van der Waals surface area contributed by atoms with E-state index < -0.39 is 9.04 Å². The molecule has 0 saturated carbocycles. The Bertz CT molecular complexity index is 208. The summed E-state index contributed by atoms with van der Waals surface area (Å²) in [5.41, 5.74) is 0.391. The van der Waals surface area contributed by atoms with Gasteiger partial charge in [0, 0.05) is 0 Å². The van der Waals surface area contributed by atoms with Crippen LogP contribution in [0.15, 0.2) is 30.3 Å². The van der Waals surface area contributed by atoms with Crippen LogP contribution in [0.4, 0.5) is 0 Å². The van der Waals surface area contributed by atoms with Gasteiger partial charge in [0.25, 0.3) is 0 Å². The van der Waals surface area contributed by atoms with Crippen LogP contribution in [0.25, 0.3) is 0 Å². The first-order valence-corrected chi connectivity index (χ1v) is 5.35. The Kier molecular flexibility index (Phi) is 2.85. The Hall–Kier alpha value is -0.603. The molecule has 1 aromatic rings. The van der Waals surface area contributed by atoms with E-state index in [0.717, 1.165) is 5.19 Å². The molecule has 0 amide bonds. The minimum Gasteiger partial charge on any atom is -0.427 e. The molecule has 11 heavy (non-hydrogen) atoms. The second-order valence-corrected chi connectivity index (χ2v) is 5.41. The molecule has 0 unspecified atom stereocenters. The molecule has 0 aromatic heterocycles. The van der Waals surface area contributed by atoms with Gasteiger partial charge in [0.2, 0.25) is 9.04 Å². The Balaban J connectivity index is 2.77. The summed E-state index contributed by atoms with van der Waals surface area (Å²) in [6.45, 7) is 4.11. The smallest absolute Gasteiger partial charge is 0.245 e. The van der Waals surface area contributed by atoms with E-state index in [1.165, 1.54) is 0 Å². The zero-order valence-electron chi connectivity index (χ0n) is 6.91. The van der Waals surface area contributed by atoms with Crippen molar-refractivity contribution in [2.75, 3.05) is 0 Å². The fourth-order valence-corrected chi connectivity index (χ4v) is 2.14. The molecular formula is C9H13OSi. The first kappa shape index (κ1) is 8.49. The van der Waals surface area contributed by atoms with Crippen LogP contribution in [0.1, 0.15) is 13.8 Å². The van der Waals surface area contributed by atoms with Crippen molar-refractivity contribution in [3.8, 4) is 0 Å². The highest BCUT2D eigenvalue weighted by atomic mass is 28.3. The number of rotatable bonds is 2. The van der Waals surface area contributed by atoms with Crippen LogP contribution in [0, 0.1) is 0 Å². The van der Waals surface area contributed by atoms with Gasteiger partial charge in [-0.1, -0.05) is 44.2 Å². The highest BCUT2D eigenvalue weighted by Gasteiger charge is 2.14. The van der Waals surface area contributed by atoms with Gasteiger partial charge in [-0.25, -0.2) is 0 Å². The largest absolute Gasteiger partial charge is 0.427 e. The Labute approximate surface area is 69.4 Å². The maximum Gasteiger partial charge on any atom is 0.245 e. The first-order valence-electron chi connectivity index (χ1n) is 3.83. The molecule has 1 N–H and O–H groups in total. The molecule has 0 aliphatic carbocycles. The van der Waals surface area contributed by atoms with Crippen LogP contribution in [-0.4, -0.2) is 13.8 Å². The fourth-order valence-electron chi connectivity index (χ4n) is 0.942. The van der Waals surface area contributed by atoms with Gasteiger partial charge < -0.3 is 4.80 Å². The summed E-state index contributed by atoms with van der Waals surface area (Å²) in [6.07, 6.45) is 0. The van der Waals surface area contributed by atoms with Gasteiger partial charge in [0.05, 0.1) is 0 Å². The van der Waals surface area contributed by atoms with Gasteiger partial charge in [-0.3, -0.25) is 0 Å². The topological polar surface area (TPSA) is 20.2 Å². The predicted octanol–water partition coefficient (Wildman–Crippen LogP) is 1.29. The summed E-state index contributed by atoms with van der Waals surface area (Å²) < 4.78 is 0. The predicted molar refractivity (Wildman–Crippen MR) is 49.1 cm³/mol. The molecule has 0 bridgehead atoms. The molecule has 1 radical (unpaired) electrons. The molecule has 0 aliphatic heterocycles. The molecule has 1 aromatic carbocycles. The van der Waals surface area contributed by atoms with Crippen LogP contribution in [0.3, 0.4) is 0 Å². The van der Waals surface area contributed by atoms with E-state index in [2.05, 4.69) is 13.8 Å². The zero-order chi connectivity index (χ0) is 8.27. The van der Waals surface area contributed by atoms with E-state index in [4.69, 9.17) is 0 Å². The molecular weight excluding hydrogens is 152 g/mol. The van der Waals surface area contributed by atoms with Crippen molar-refractivity contribution >= 4 is 14.2 Å². The first-order chi connectivity index (χ1) is 5.22. The van der Waals surface area contributed by atoms with E-state index in [1.807, 2.05) is 30.3 Å². The van der Waals surface area contributed by atoms with E-state index in [0.29, 0.717) is 5.54 Å². The van der Waals surface area contributed by atoms with Crippen molar-refractivity contribution in [3.63, 3.8) is 0 Å². The molecule has 0 saturated heterocycles. The van der Waals surface area contributed by atoms with Gasteiger partial charge in [-0.05, 0) is 10.7 Å². The average molecular weight is 165 g/mol. The zero-order valence-corrected chi connectivity index (χ0v) is 7.91. The molecule has 1 nitrogen and oxygen atoms in total. The normalized spacial score (nSPS) is 11.0. The van der Waals surface area contributed by atoms with E-state index >= 15 is 0 Å². The van der Waals surface area contributed by atoms with Gasteiger partial charge >= 0.3 is 0 Å². The van der Waals surface area contributed by atoms with Crippen LogP contribution in [0.5, 0.6) is 0 Å². The van der Waals surface area contributed by atoms with Crippen molar-refractivity contribution in [1.82, 2.24) is 0 Å². The maximum atomic E-state index is 9.70. The van der Waals surface area contributed by atoms with Crippen LogP contribution < -0.4 is 5.19 Å². The Morgan fingerprint density at radius 3 is 2.18 bits per heavy atom. The number of hydrogen-bond donors (Lipinski definition) is 1. The molecule has 0 spiro atoms. The third-order valence-electron chi connectivity index (χ3n) is 1.62. The summed E-state index contributed by atoms with van der Waals surface area (Å²) in [4.78, 5) is 9.70. The van der Waals surface area contributed by atoms with E-state index in [-0.39, 0.29) is 0 Å². The minimum atomic E-state index is -1.28. The van der Waals surface area contributed by atoms with E-state index in [1.54, 1.807) is 0 Å². The Morgan fingerprint density at radius 2 is 1.73 bits per heavy atom. The minimum absolute atomic E-state index is 0.391. The van der Waals surface area contributed by atoms with Crippen molar-refractivity contribution in [2.45, 2.75) is 19.4 Å². The van der Waals surface area contributed by atoms with Crippen LogP contribution in [0.2, 0.25) is 5.54 Å². The summed E-state index contributed by atoms with van der Waals surface area (Å²) >= 11 is 0. The van der Waals surface area contributed by atoms with Gasteiger partial charge in [0.1, 0.15) is 0 Å². The highest BCUT2D eigenvalue weighted by molar-refractivity contribution is 6.67. The molecule has 0 heterocycles. The standard InChI is InChI=1S/C9H13OSi/c1-8(2)11(10)9-6-4-3-5-7-9/h3-8,10H,1-2H3. The van der Waals surface area contributed by atoms with Gasteiger partial charge in [-0.2, -0.15) is 0 Å². The average Bonchev–Trinajstić information content (AvgIpc) is 2.05. The number of benzene rings is 1. The quantitative estimate of drug-likeness (QED) is 0.655. The highest BCUT2D eigenvalue weighted by Crippen LogP contribution is 2.03. The van der Waals surface area contributed by atoms with E-state index in [9.17, 15) is 4.80 Å². The summed E-state index contributed by atoms with van der Waals surface area (Å²) in [6, 6.07) is 9.90. The lowest BCUT2D eigenvalue weighted by molar-refractivity contribution is 0.569. The van der Waals surface area contributed by atoms with Crippen molar-refractivity contribution in [3.05, 3.63) is 30.3 Å².